The molecule has 0 fully saturated rings. The molecule has 36 heavy (non-hydrogen) atoms. The number of hydrogen-bond donors (Lipinski definition) is 8. The van der Waals surface area contributed by atoms with Crippen LogP contribution in [0, 0.1) is 8.98 Å². The highest BCUT2D eigenvalue weighted by atomic mass is 123. The van der Waals surface area contributed by atoms with Crippen LogP contribution in [0.2, 0.25) is 0 Å². The second-order valence-corrected chi connectivity index (χ2v) is 8.69. The number of ether oxygens (including phenoxy) is 1. The summed E-state index contributed by atoms with van der Waals surface area (Å²) in [4.78, 5) is 57.3. The summed E-state index contributed by atoms with van der Waals surface area (Å²) in [5, 5.41) is 41.5. The first-order chi connectivity index (χ1) is 16.9. The van der Waals surface area contributed by atoms with Gasteiger partial charge in [0.25, 0.3) is 5.91 Å². The minimum atomic E-state index is -1.55. The summed E-state index contributed by atoms with van der Waals surface area (Å²) in [7, 11) is 0. The number of benzene rings is 1. The van der Waals surface area contributed by atoms with Crippen molar-refractivity contribution in [3.05, 3.63) is 32.9 Å². The van der Waals surface area contributed by atoms with E-state index in [0.29, 0.717) is 18.5 Å². The highest BCUT2D eigenvalue weighted by Crippen LogP contribution is 2.15. The van der Waals surface area contributed by atoms with Crippen LogP contribution in [0.1, 0.15) is 48.0 Å². The van der Waals surface area contributed by atoms with Gasteiger partial charge in [-0.25, -0.2) is 14.4 Å². The minimum Gasteiger partial charge on any atom is -0.481 e. The predicted molar refractivity (Wildman–Crippen MR) is 133 cm³/mol. The van der Waals surface area contributed by atoms with Gasteiger partial charge in [-0.2, -0.15) is 0 Å². The lowest BCUT2D eigenvalue weighted by Crippen LogP contribution is -2.43. The van der Waals surface area contributed by atoms with Crippen molar-refractivity contribution in [3.63, 3.8) is 0 Å². The van der Waals surface area contributed by atoms with Gasteiger partial charge in [-0.1, -0.05) is 6.07 Å². The Kier molecular flexibility index (Phi) is 13.0. The third-order valence-electron chi connectivity index (χ3n) is 4.72. The fraction of sp³-hybridized carbons (Fsp3) is 0.429. The number of rotatable bonds is 15. The quantitative estimate of drug-likeness (QED) is 0.0589. The third-order valence-corrected chi connectivity index (χ3v) is 5.73. The van der Waals surface area contributed by atoms with Gasteiger partial charge >= 0.3 is 24.0 Å². The number of alkyl carbamates (subject to hydrolysis) is 1. The normalized spacial score (nSPS) is 12.0. The maximum Gasteiger partial charge on any atom is 0.408 e. The third kappa shape index (κ3) is 11.7. The molecule has 0 radical (unpaired) electrons. The first-order valence-corrected chi connectivity index (χ1v) is 11.8. The number of carbonyl (C=O) groups is 5. The van der Waals surface area contributed by atoms with E-state index in [1.165, 1.54) is 0 Å². The second kappa shape index (κ2) is 15.4. The highest BCUT2D eigenvalue weighted by molar-refractivity contribution is 14.1. The number of nitrogens with two attached hydrogens (primary N) is 1. The van der Waals surface area contributed by atoms with E-state index in [1.807, 2.05) is 5.32 Å². The molecular weight excluding hydrogens is 589 g/mol. The average Bonchev–Trinajstić information content (AvgIpc) is 2.79. The van der Waals surface area contributed by atoms with Crippen molar-refractivity contribution in [3.8, 4) is 0 Å². The molecular formula is C21H28IN5O9. The van der Waals surface area contributed by atoms with Crippen LogP contribution in [0.25, 0.3) is 0 Å². The van der Waals surface area contributed by atoms with Crippen molar-refractivity contribution in [2.24, 2.45) is 5.73 Å². The molecule has 0 aliphatic carbocycles. The number of amides is 2. The molecule has 15 heteroatoms. The molecule has 0 spiro atoms. The summed E-state index contributed by atoms with van der Waals surface area (Å²) in [6.07, 6.45) is -3.16. The van der Waals surface area contributed by atoms with E-state index in [4.69, 9.17) is 26.1 Å². The van der Waals surface area contributed by atoms with Gasteiger partial charge in [-0.05, 0) is 66.0 Å². The molecule has 1 aromatic carbocycles. The number of unbranched alkanes of at least 4 members (excludes halogenated alkanes) is 1. The van der Waals surface area contributed by atoms with Gasteiger partial charge in [-0.3, -0.25) is 15.0 Å². The smallest absolute Gasteiger partial charge is 0.408 e. The molecule has 0 saturated carbocycles. The van der Waals surface area contributed by atoms with E-state index in [1.54, 1.807) is 18.2 Å². The predicted octanol–water partition coefficient (Wildman–Crippen LogP) is 0.672. The lowest BCUT2D eigenvalue weighted by atomic mass is 10.1. The average molecular weight is 617 g/mol. The molecule has 0 unspecified atom stereocenters. The van der Waals surface area contributed by atoms with Crippen LogP contribution >= 0.6 is 22.6 Å². The summed E-state index contributed by atoms with van der Waals surface area (Å²) in [5.41, 5.74) is 6.55. The van der Waals surface area contributed by atoms with E-state index in [9.17, 15) is 29.1 Å². The number of guanidine groups is 1. The zero-order valence-electron chi connectivity index (χ0n) is 19.1. The lowest BCUT2D eigenvalue weighted by molar-refractivity contribution is -0.147. The summed E-state index contributed by atoms with van der Waals surface area (Å²) in [6, 6.07) is 3.51. The SMILES string of the molecule is N=C(N)NCc1ccc(C(=O)NCCCC[C@H](OC(=O)N[C@@H](CCC(=O)O)C(=O)O)C(=O)O)cc1[123I]. The number of aliphatic carboxylic acids is 3. The fourth-order valence-electron chi connectivity index (χ4n) is 2.84. The van der Waals surface area contributed by atoms with Gasteiger partial charge in [0.15, 0.2) is 5.96 Å². The summed E-state index contributed by atoms with van der Waals surface area (Å²) < 4.78 is 5.59. The molecule has 0 aromatic heterocycles. The van der Waals surface area contributed by atoms with Gasteiger partial charge in [0.1, 0.15) is 6.04 Å². The Morgan fingerprint density at radius 2 is 1.72 bits per heavy atom. The van der Waals surface area contributed by atoms with Crippen LogP contribution in [-0.4, -0.2) is 69.9 Å². The van der Waals surface area contributed by atoms with Crippen molar-refractivity contribution in [1.82, 2.24) is 16.0 Å². The van der Waals surface area contributed by atoms with E-state index < -0.39 is 49.0 Å². The Hall–Kier alpha value is -3.63. The van der Waals surface area contributed by atoms with E-state index >= 15 is 0 Å². The first kappa shape index (κ1) is 30.4. The van der Waals surface area contributed by atoms with Crippen molar-refractivity contribution >= 4 is 58.5 Å². The summed E-state index contributed by atoms with van der Waals surface area (Å²) in [6.45, 7) is 0.581. The number of carboxylic acid groups (broad SMARTS) is 3. The van der Waals surface area contributed by atoms with Gasteiger partial charge in [0.05, 0.1) is 0 Å². The molecule has 0 saturated heterocycles. The fourth-order valence-corrected chi connectivity index (χ4v) is 3.55. The second-order valence-electron chi connectivity index (χ2n) is 7.52. The molecule has 1 aromatic rings. The number of hydrogen-bond acceptors (Lipinski definition) is 7. The zero-order chi connectivity index (χ0) is 27.3. The molecule has 198 valence electrons. The van der Waals surface area contributed by atoms with Crippen molar-refractivity contribution in [2.75, 3.05) is 6.54 Å². The topological polar surface area (TPSA) is 241 Å². The highest BCUT2D eigenvalue weighted by Gasteiger charge is 2.26. The van der Waals surface area contributed by atoms with Gasteiger partial charge in [0.2, 0.25) is 6.10 Å². The maximum atomic E-state index is 12.3. The van der Waals surface area contributed by atoms with Crippen LogP contribution in [0.5, 0.6) is 0 Å². The first-order valence-electron chi connectivity index (χ1n) is 10.7. The minimum absolute atomic E-state index is 0.0821. The maximum absolute atomic E-state index is 12.3. The molecule has 1 rings (SSSR count). The van der Waals surface area contributed by atoms with Crippen LogP contribution < -0.4 is 21.7 Å². The molecule has 0 heterocycles. The van der Waals surface area contributed by atoms with Crippen LogP contribution in [0.15, 0.2) is 18.2 Å². The van der Waals surface area contributed by atoms with Crippen LogP contribution in [-0.2, 0) is 25.7 Å². The number of carbonyl (C=O) groups excluding carboxylic acids is 2. The van der Waals surface area contributed by atoms with Crippen LogP contribution in [0.3, 0.4) is 0 Å². The Labute approximate surface area is 219 Å². The Morgan fingerprint density at radius 1 is 1.03 bits per heavy atom. The largest absolute Gasteiger partial charge is 0.481 e. The number of carboxylic acids is 3. The van der Waals surface area contributed by atoms with E-state index in [2.05, 4.69) is 33.2 Å². The summed E-state index contributed by atoms with van der Waals surface area (Å²) >= 11 is 2.07. The van der Waals surface area contributed by atoms with Crippen LogP contribution in [0.4, 0.5) is 4.79 Å². The van der Waals surface area contributed by atoms with E-state index in [0.717, 1.165) is 9.13 Å². The van der Waals surface area contributed by atoms with Crippen molar-refractivity contribution in [2.45, 2.75) is 50.8 Å². The molecule has 2 atom stereocenters. The molecule has 9 N–H and O–H groups in total. The Balaban J connectivity index is 2.47. The van der Waals surface area contributed by atoms with Gasteiger partial charge < -0.3 is 41.7 Å². The number of halogens is 1. The molecule has 14 nitrogen and oxygen atoms in total. The lowest BCUT2D eigenvalue weighted by Gasteiger charge is -2.17. The molecule has 0 bridgehead atoms. The zero-order valence-corrected chi connectivity index (χ0v) is 21.2. The van der Waals surface area contributed by atoms with Gasteiger partial charge in [-0.15, -0.1) is 0 Å². The molecule has 0 aliphatic heterocycles. The van der Waals surface area contributed by atoms with Gasteiger partial charge in [0, 0.05) is 28.6 Å². The number of nitrogens with one attached hydrogen (secondary N) is 4. The Morgan fingerprint density at radius 3 is 2.28 bits per heavy atom. The molecule has 2 amide bonds. The standard InChI is InChI=1S/C21H28IN5O9/c22-13-9-11(4-5-12(13)10-26-20(23)24)17(30)25-8-2-1-3-15(19(33)34)36-21(35)27-14(18(31)32)6-7-16(28)29/h4-5,9,14-15H,1-3,6-8,10H2,(H,25,30)(H,27,35)(H,28,29)(H,31,32)(H,33,34)(H4,23,24,26)/t14-,15-/m0/s1/i22-4. The Bertz CT molecular complexity index is 989. The molecule has 0 aliphatic rings. The van der Waals surface area contributed by atoms with E-state index in [-0.39, 0.29) is 31.3 Å². The van der Waals surface area contributed by atoms with Crippen molar-refractivity contribution in [1.29, 1.82) is 5.41 Å². The van der Waals surface area contributed by atoms with Crippen molar-refractivity contribution < 1.29 is 44.0 Å². The monoisotopic (exact) mass is 617 g/mol. The summed E-state index contributed by atoms with van der Waals surface area (Å²) in [5.74, 6) is -4.65.